The summed E-state index contributed by atoms with van der Waals surface area (Å²) < 4.78 is 37.7. The number of hydrogen-bond acceptors (Lipinski definition) is 9. The third-order valence-electron chi connectivity index (χ3n) is 11.2. The molecule has 0 spiro atoms. The molecule has 3 aromatic rings. The molecule has 2 fully saturated rings. The van der Waals surface area contributed by atoms with Crippen LogP contribution in [0.3, 0.4) is 0 Å². The van der Waals surface area contributed by atoms with Gasteiger partial charge >= 0.3 is 24.1 Å². The molecule has 2 amide bonds. The Kier molecular flexibility index (Phi) is 15.9. The smallest absolute Gasteiger partial charge is 0.410 e. The van der Waals surface area contributed by atoms with Gasteiger partial charge in [-0.25, -0.2) is 14.0 Å². The van der Waals surface area contributed by atoms with Gasteiger partial charge in [-0.2, -0.15) is 0 Å². The highest BCUT2D eigenvalue weighted by molar-refractivity contribution is 5.75. The summed E-state index contributed by atoms with van der Waals surface area (Å²) in [5.74, 6) is -1.95. The normalized spacial score (nSPS) is 18.0. The second-order valence-corrected chi connectivity index (χ2v) is 20.2. The van der Waals surface area contributed by atoms with Crippen LogP contribution in [0.4, 0.5) is 14.0 Å². The van der Waals surface area contributed by atoms with Crippen molar-refractivity contribution < 1.29 is 47.6 Å². The SMILES string of the molecule is COc1cc(F)cc(CN(Cc2cccc(C[C@H](C(=O)OC(C)(C)C)[C@H]3CCN(C(=O)O)C3)c2)Cc2cccc(C[C@H](C(=O)OC(C)(C)C)[C@H]3CCN(C(=O)OC(C)(C)C)C3)c2)c1. The van der Waals surface area contributed by atoms with Crippen molar-refractivity contribution >= 4 is 24.1 Å². The quantitative estimate of drug-likeness (QED) is 0.116. The molecule has 5 rings (SSSR count). The molecule has 3 aromatic carbocycles. The van der Waals surface area contributed by atoms with E-state index in [1.807, 2.05) is 105 Å². The highest BCUT2D eigenvalue weighted by Gasteiger charge is 2.40. The largest absolute Gasteiger partial charge is 0.497 e. The molecule has 2 saturated heterocycles. The van der Waals surface area contributed by atoms with Crippen LogP contribution in [0.15, 0.2) is 66.7 Å². The predicted octanol–water partition coefficient (Wildman–Crippen LogP) is 9.29. The molecule has 2 heterocycles. The maximum absolute atomic E-state index is 14.8. The Morgan fingerprint density at radius 1 is 0.651 bits per heavy atom. The summed E-state index contributed by atoms with van der Waals surface area (Å²) in [6, 6.07) is 20.8. The first-order valence-electron chi connectivity index (χ1n) is 22.1. The number of carboxylic acid groups (broad SMARTS) is 1. The monoisotopic (exact) mass is 873 g/mol. The summed E-state index contributed by atoms with van der Waals surface area (Å²) >= 11 is 0. The van der Waals surface area contributed by atoms with Crippen LogP contribution in [0, 0.1) is 29.5 Å². The Morgan fingerprint density at radius 3 is 1.54 bits per heavy atom. The Balaban J connectivity index is 1.40. The molecular weight excluding hydrogens is 806 g/mol. The first-order valence-corrected chi connectivity index (χ1v) is 22.1. The number of rotatable bonds is 15. The average molecular weight is 874 g/mol. The summed E-state index contributed by atoms with van der Waals surface area (Å²) in [6.07, 6.45) is 0.644. The molecule has 0 saturated carbocycles. The average Bonchev–Trinajstić information content (AvgIpc) is 3.86. The lowest BCUT2D eigenvalue weighted by atomic mass is 9.85. The number of halogens is 1. The summed E-state index contributed by atoms with van der Waals surface area (Å²) in [7, 11) is 1.51. The minimum atomic E-state index is -0.993. The Bertz CT molecular complexity index is 2070. The zero-order chi connectivity index (χ0) is 46.3. The second kappa shape index (κ2) is 20.6. The van der Waals surface area contributed by atoms with Gasteiger partial charge < -0.3 is 33.9 Å². The molecule has 1 N–H and O–H groups in total. The maximum Gasteiger partial charge on any atom is 0.410 e. The van der Waals surface area contributed by atoms with E-state index in [2.05, 4.69) is 17.0 Å². The molecule has 12 nitrogen and oxygen atoms in total. The summed E-state index contributed by atoms with van der Waals surface area (Å²) in [6.45, 7) is 19.4. The van der Waals surface area contributed by atoms with Gasteiger partial charge in [0.1, 0.15) is 28.4 Å². The van der Waals surface area contributed by atoms with E-state index in [4.69, 9.17) is 18.9 Å². The van der Waals surface area contributed by atoms with Crippen molar-refractivity contribution in [2.45, 2.75) is 124 Å². The Hall–Kier alpha value is -5.17. The molecule has 63 heavy (non-hydrogen) atoms. The van der Waals surface area contributed by atoms with Crippen molar-refractivity contribution in [3.8, 4) is 5.75 Å². The van der Waals surface area contributed by atoms with E-state index in [1.165, 1.54) is 24.1 Å². The molecule has 0 unspecified atom stereocenters. The van der Waals surface area contributed by atoms with Gasteiger partial charge in [0.05, 0.1) is 18.9 Å². The van der Waals surface area contributed by atoms with Gasteiger partial charge in [0.2, 0.25) is 0 Å². The molecular formula is C50H68FN3O9. The van der Waals surface area contributed by atoms with Crippen LogP contribution in [-0.4, -0.2) is 94.0 Å². The topological polar surface area (TPSA) is 135 Å². The minimum absolute atomic E-state index is 0.123. The molecule has 2 aliphatic heterocycles. The molecule has 0 radical (unpaired) electrons. The van der Waals surface area contributed by atoms with Gasteiger partial charge in [0.15, 0.2) is 0 Å². The van der Waals surface area contributed by atoms with Crippen molar-refractivity contribution in [1.29, 1.82) is 0 Å². The van der Waals surface area contributed by atoms with E-state index in [-0.39, 0.29) is 36.4 Å². The number of methoxy groups -OCH3 is 1. The lowest BCUT2D eigenvalue weighted by Gasteiger charge is -2.28. The molecule has 4 atom stereocenters. The molecule has 0 bridgehead atoms. The Labute approximate surface area is 373 Å². The third-order valence-corrected chi connectivity index (χ3v) is 11.2. The van der Waals surface area contributed by atoms with E-state index < -0.39 is 40.5 Å². The Morgan fingerprint density at radius 2 is 1.10 bits per heavy atom. The number of esters is 2. The number of nitrogens with zero attached hydrogens (tertiary/aromatic N) is 3. The number of hydrogen-bond donors (Lipinski definition) is 1. The second-order valence-electron chi connectivity index (χ2n) is 20.2. The number of amides is 2. The lowest BCUT2D eigenvalue weighted by molar-refractivity contribution is -0.163. The van der Waals surface area contributed by atoms with Crippen molar-refractivity contribution in [2.75, 3.05) is 33.3 Å². The van der Waals surface area contributed by atoms with Crippen molar-refractivity contribution in [3.63, 3.8) is 0 Å². The number of carbonyl (C=O) groups is 4. The van der Waals surface area contributed by atoms with Gasteiger partial charge in [0.25, 0.3) is 0 Å². The first-order chi connectivity index (χ1) is 29.4. The highest BCUT2D eigenvalue weighted by atomic mass is 19.1. The zero-order valence-corrected chi connectivity index (χ0v) is 38.9. The molecule has 344 valence electrons. The maximum atomic E-state index is 14.8. The van der Waals surface area contributed by atoms with Crippen LogP contribution < -0.4 is 4.74 Å². The van der Waals surface area contributed by atoms with E-state index in [9.17, 15) is 28.7 Å². The van der Waals surface area contributed by atoms with Crippen molar-refractivity contribution in [1.82, 2.24) is 14.7 Å². The molecule has 0 aliphatic carbocycles. The van der Waals surface area contributed by atoms with Crippen molar-refractivity contribution in [2.24, 2.45) is 23.7 Å². The molecule has 0 aromatic heterocycles. The fourth-order valence-corrected chi connectivity index (χ4v) is 8.53. The van der Waals surface area contributed by atoms with E-state index in [1.54, 1.807) is 4.90 Å². The first kappa shape index (κ1) is 48.9. The van der Waals surface area contributed by atoms with Gasteiger partial charge in [-0.15, -0.1) is 0 Å². The van der Waals surface area contributed by atoms with Crippen LogP contribution in [0.2, 0.25) is 0 Å². The lowest BCUT2D eigenvalue weighted by Crippen LogP contribution is -2.38. The molecule has 13 heteroatoms. The summed E-state index contributed by atoms with van der Waals surface area (Å²) in [4.78, 5) is 57.5. The van der Waals surface area contributed by atoms with Crippen LogP contribution in [0.1, 0.15) is 103 Å². The fourth-order valence-electron chi connectivity index (χ4n) is 8.53. The fraction of sp³-hybridized carbons (Fsp3) is 0.560. The van der Waals surface area contributed by atoms with Crippen LogP contribution >= 0.6 is 0 Å². The van der Waals surface area contributed by atoms with E-state index >= 15 is 0 Å². The van der Waals surface area contributed by atoms with Crippen LogP contribution in [-0.2, 0) is 56.3 Å². The van der Waals surface area contributed by atoms with Gasteiger partial charge in [-0.1, -0.05) is 48.5 Å². The van der Waals surface area contributed by atoms with Crippen LogP contribution in [0.25, 0.3) is 0 Å². The number of ether oxygens (including phenoxy) is 4. The zero-order valence-electron chi connectivity index (χ0n) is 38.9. The third kappa shape index (κ3) is 15.3. The van der Waals surface area contributed by atoms with Gasteiger partial charge in [0, 0.05) is 51.9 Å². The summed E-state index contributed by atoms with van der Waals surface area (Å²) in [5, 5.41) is 9.66. The van der Waals surface area contributed by atoms with Gasteiger partial charge in [-0.05, 0) is 140 Å². The van der Waals surface area contributed by atoms with E-state index in [0.29, 0.717) is 70.7 Å². The summed E-state index contributed by atoms with van der Waals surface area (Å²) in [5.41, 5.74) is 2.56. The number of benzene rings is 3. The highest BCUT2D eigenvalue weighted by Crippen LogP contribution is 2.33. The number of likely N-dealkylation sites (tertiary alicyclic amines) is 2. The number of carbonyl (C=O) groups excluding carboxylic acids is 3. The molecule has 2 aliphatic rings. The standard InChI is InChI=1S/C50H68FN3O9/c1-48(2,3)61-44(55)42(38-17-19-53(31-38)46(57)58)25-33-13-11-15-35(21-33)28-52(30-37-23-40(51)27-41(24-37)60-10)29-36-16-12-14-34(22-36)26-43(45(56)62-49(4,5)6)39-18-20-54(32-39)47(59)63-50(7,8)9/h11-16,21-24,27,38-39,42-43H,17-20,25-26,28-32H2,1-10H3,(H,57,58)/t38-,39-,42-,43-/m0/s1. The minimum Gasteiger partial charge on any atom is -0.497 e. The van der Waals surface area contributed by atoms with Crippen molar-refractivity contribution in [3.05, 3.63) is 100 Å². The predicted molar refractivity (Wildman–Crippen MR) is 238 cm³/mol. The van der Waals surface area contributed by atoms with Crippen LogP contribution in [0.5, 0.6) is 5.75 Å². The van der Waals surface area contributed by atoms with E-state index in [0.717, 1.165) is 27.8 Å². The van der Waals surface area contributed by atoms with Gasteiger partial charge in [-0.3, -0.25) is 14.5 Å².